The van der Waals surface area contributed by atoms with E-state index in [-0.39, 0.29) is 6.10 Å². The molecule has 6 rings (SSSR count). The molecule has 0 fully saturated rings. The van der Waals surface area contributed by atoms with Crippen molar-refractivity contribution in [2.45, 2.75) is 69.7 Å². The number of ether oxygens (including phenoxy) is 1. The molecule has 1 aromatic carbocycles. The minimum atomic E-state index is 0.00978. The van der Waals surface area contributed by atoms with Crippen molar-refractivity contribution in [2.75, 3.05) is 12.3 Å². The lowest BCUT2D eigenvalue weighted by Crippen LogP contribution is -2.30. The zero-order chi connectivity index (χ0) is 26.9. The summed E-state index contributed by atoms with van der Waals surface area (Å²) in [5, 5.41) is 14.9. The van der Waals surface area contributed by atoms with E-state index in [1.54, 1.807) is 11.8 Å². The number of nitrogens with zero attached hydrogens (tertiary/aromatic N) is 5. The summed E-state index contributed by atoms with van der Waals surface area (Å²) in [7, 11) is 2.06. The lowest BCUT2D eigenvalue weighted by molar-refractivity contribution is 0.245. The standard InChI is InChI=1S/C30H35BrN6OS/c1-4-26-34-25-14-12-19-16-20(32-17-23(31)27(19)28(25)38-26)8-5-6-15-39-30-36-35-29(37(30)3)22-9-7-10-24-21(22)13-11-18(2)33-24/h7,9-11,13-14,19-20,28,32H,4-6,8,12,15-17H2,1-3H3. The Morgan fingerprint density at radius 2 is 2.08 bits per heavy atom. The second-order valence-corrected chi connectivity index (χ2v) is 12.6. The highest BCUT2D eigenvalue weighted by atomic mass is 79.9. The number of thioether (sulfide) groups is 1. The molecule has 0 bridgehead atoms. The van der Waals surface area contributed by atoms with Crippen molar-refractivity contribution in [3.05, 3.63) is 57.9 Å². The van der Waals surface area contributed by atoms with Crippen LogP contribution in [0.3, 0.4) is 0 Å². The fourth-order valence-electron chi connectivity index (χ4n) is 5.92. The number of fused-ring (bicyclic) bond motifs is 4. The van der Waals surface area contributed by atoms with Crippen LogP contribution in [0.2, 0.25) is 0 Å². The van der Waals surface area contributed by atoms with E-state index in [0.717, 1.165) is 82.7 Å². The molecule has 7 nitrogen and oxygen atoms in total. The number of aromatic nitrogens is 4. The molecule has 0 saturated carbocycles. The number of allylic oxidation sites excluding steroid dienone is 1. The van der Waals surface area contributed by atoms with Crippen molar-refractivity contribution < 1.29 is 4.74 Å². The van der Waals surface area contributed by atoms with E-state index in [1.165, 1.54) is 22.9 Å². The van der Waals surface area contributed by atoms with Crippen molar-refractivity contribution in [1.29, 1.82) is 0 Å². The molecular formula is C30H35BrN6OS. The van der Waals surface area contributed by atoms with Gasteiger partial charge in [-0.05, 0) is 56.2 Å². The van der Waals surface area contributed by atoms with Crippen LogP contribution in [0, 0.1) is 12.8 Å². The minimum Gasteiger partial charge on any atom is -0.466 e. The van der Waals surface area contributed by atoms with E-state index in [9.17, 15) is 0 Å². The lowest BCUT2D eigenvalue weighted by atomic mass is 9.81. The number of pyridine rings is 1. The van der Waals surface area contributed by atoms with Crippen LogP contribution in [0.15, 0.2) is 62.3 Å². The van der Waals surface area contributed by atoms with Crippen molar-refractivity contribution in [2.24, 2.45) is 18.0 Å². The molecule has 1 aliphatic carbocycles. The average molecular weight is 608 g/mol. The van der Waals surface area contributed by atoms with Gasteiger partial charge in [-0.25, -0.2) is 4.99 Å². The van der Waals surface area contributed by atoms with Gasteiger partial charge in [-0.15, -0.1) is 10.2 Å². The summed E-state index contributed by atoms with van der Waals surface area (Å²) in [6.45, 7) is 4.99. The normalized spacial score (nSPS) is 22.7. The zero-order valence-electron chi connectivity index (χ0n) is 22.8. The van der Waals surface area contributed by atoms with Crippen molar-refractivity contribution in [1.82, 2.24) is 25.1 Å². The maximum absolute atomic E-state index is 6.21. The Balaban J connectivity index is 1.02. The van der Waals surface area contributed by atoms with E-state index < -0.39 is 0 Å². The first-order valence-corrected chi connectivity index (χ1v) is 15.7. The quantitative estimate of drug-likeness (QED) is 0.226. The highest BCUT2D eigenvalue weighted by molar-refractivity contribution is 9.11. The van der Waals surface area contributed by atoms with Gasteiger partial charge in [-0.3, -0.25) is 4.98 Å². The van der Waals surface area contributed by atoms with Gasteiger partial charge in [0.05, 0.1) is 11.2 Å². The molecule has 4 heterocycles. The first-order chi connectivity index (χ1) is 19.0. The van der Waals surface area contributed by atoms with Gasteiger partial charge in [0.25, 0.3) is 0 Å². The summed E-state index contributed by atoms with van der Waals surface area (Å²) in [6.07, 6.45) is 8.87. The third kappa shape index (κ3) is 5.45. The van der Waals surface area contributed by atoms with E-state index in [1.807, 2.05) is 13.0 Å². The Kier molecular flexibility index (Phi) is 7.91. The Hall–Kier alpha value is -2.49. The summed E-state index contributed by atoms with van der Waals surface area (Å²) in [4.78, 5) is 9.38. The van der Waals surface area contributed by atoms with Gasteiger partial charge in [0.2, 0.25) is 0 Å². The van der Waals surface area contributed by atoms with Gasteiger partial charge >= 0.3 is 0 Å². The molecule has 2 aromatic heterocycles. The maximum atomic E-state index is 6.21. The number of aryl methyl sites for hydroxylation is 1. The van der Waals surface area contributed by atoms with Crippen molar-refractivity contribution in [3.8, 4) is 11.4 Å². The number of unbranched alkanes of at least 4 members (excludes halogenated alkanes) is 1. The third-order valence-electron chi connectivity index (χ3n) is 7.97. The van der Waals surface area contributed by atoms with Crippen LogP contribution in [0.4, 0.5) is 0 Å². The first-order valence-electron chi connectivity index (χ1n) is 14.0. The zero-order valence-corrected chi connectivity index (χ0v) is 25.2. The molecule has 3 aromatic rings. The molecule has 3 unspecified atom stereocenters. The maximum Gasteiger partial charge on any atom is 0.191 e. The molecule has 0 spiro atoms. The molecule has 0 saturated heterocycles. The van der Waals surface area contributed by atoms with Gasteiger partial charge in [0.15, 0.2) is 23.0 Å². The highest BCUT2D eigenvalue weighted by Crippen LogP contribution is 2.42. The minimum absolute atomic E-state index is 0.00978. The van der Waals surface area contributed by atoms with E-state index >= 15 is 0 Å². The summed E-state index contributed by atoms with van der Waals surface area (Å²) < 4.78 is 9.58. The predicted octanol–water partition coefficient (Wildman–Crippen LogP) is 6.72. The number of rotatable bonds is 8. The van der Waals surface area contributed by atoms with E-state index in [4.69, 9.17) is 9.73 Å². The number of aliphatic imine (C=N–C) groups is 1. The topological polar surface area (TPSA) is 77.2 Å². The number of nitrogens with one attached hydrogen (secondary N) is 1. The van der Waals surface area contributed by atoms with Gasteiger partial charge in [0.1, 0.15) is 0 Å². The Morgan fingerprint density at radius 1 is 1.18 bits per heavy atom. The fraction of sp³-hybridized carbons (Fsp3) is 0.467. The Morgan fingerprint density at radius 3 is 2.95 bits per heavy atom. The fourth-order valence-corrected chi connectivity index (χ4v) is 7.52. The highest BCUT2D eigenvalue weighted by Gasteiger charge is 2.39. The van der Waals surface area contributed by atoms with Crippen LogP contribution in [0.25, 0.3) is 22.3 Å². The molecule has 3 atom stereocenters. The van der Waals surface area contributed by atoms with Gasteiger partial charge in [-0.1, -0.05) is 65.3 Å². The molecule has 39 heavy (non-hydrogen) atoms. The van der Waals surface area contributed by atoms with Crippen LogP contribution in [-0.2, 0) is 11.8 Å². The Labute approximate surface area is 242 Å². The summed E-state index contributed by atoms with van der Waals surface area (Å²) in [5.74, 6) is 3.30. The predicted molar refractivity (Wildman–Crippen MR) is 162 cm³/mol. The molecule has 0 amide bonds. The van der Waals surface area contributed by atoms with Crippen LogP contribution >= 0.6 is 27.7 Å². The van der Waals surface area contributed by atoms with Crippen LogP contribution in [-0.4, -0.2) is 50.1 Å². The number of hydrogen-bond donors (Lipinski definition) is 1. The molecule has 0 radical (unpaired) electrons. The Bertz CT molecular complexity index is 1480. The number of hydrogen-bond acceptors (Lipinski definition) is 7. The van der Waals surface area contributed by atoms with Crippen LogP contribution in [0.5, 0.6) is 0 Å². The largest absolute Gasteiger partial charge is 0.466 e. The second-order valence-electron chi connectivity index (χ2n) is 10.6. The third-order valence-corrected chi connectivity index (χ3v) is 9.81. The number of halogens is 1. The van der Waals surface area contributed by atoms with E-state index in [0.29, 0.717) is 12.0 Å². The summed E-state index contributed by atoms with van der Waals surface area (Å²) in [6, 6.07) is 10.9. The van der Waals surface area contributed by atoms with Crippen molar-refractivity contribution >= 4 is 44.5 Å². The summed E-state index contributed by atoms with van der Waals surface area (Å²) in [5.41, 5.74) is 5.59. The van der Waals surface area contributed by atoms with Gasteiger partial charge in [0, 0.05) is 52.9 Å². The monoisotopic (exact) mass is 606 g/mol. The molecule has 2 aliphatic heterocycles. The molecular weight excluding hydrogens is 572 g/mol. The lowest BCUT2D eigenvalue weighted by Gasteiger charge is -2.29. The first kappa shape index (κ1) is 26.7. The molecule has 9 heteroatoms. The second kappa shape index (κ2) is 11.6. The smallest absolute Gasteiger partial charge is 0.191 e. The number of benzene rings is 1. The van der Waals surface area contributed by atoms with Crippen molar-refractivity contribution in [3.63, 3.8) is 0 Å². The van der Waals surface area contributed by atoms with Gasteiger partial charge in [-0.2, -0.15) is 0 Å². The molecule has 3 aliphatic rings. The van der Waals surface area contributed by atoms with Crippen LogP contribution < -0.4 is 5.32 Å². The molecule has 1 N–H and O–H groups in total. The molecule has 204 valence electrons. The van der Waals surface area contributed by atoms with E-state index in [2.05, 4.69) is 85.3 Å². The summed E-state index contributed by atoms with van der Waals surface area (Å²) >= 11 is 5.68. The van der Waals surface area contributed by atoms with Gasteiger partial charge < -0.3 is 14.6 Å². The SMILES string of the molecule is CCC1=NC2=CCC3CC(CCCCSc4nnc(-c5cccc6nc(C)ccc56)n4C)NCC(Br)=C3C2O1. The van der Waals surface area contributed by atoms with Crippen LogP contribution in [0.1, 0.15) is 51.1 Å². The average Bonchev–Trinajstić information content (AvgIpc) is 3.48.